The molecule has 1 aromatic heterocycles. The average Bonchev–Trinajstić information content (AvgIpc) is 2.71. The van der Waals surface area contributed by atoms with Crippen molar-refractivity contribution in [1.29, 1.82) is 0 Å². The Morgan fingerprint density at radius 2 is 1.63 bits per heavy atom. The zero-order chi connectivity index (χ0) is 18.5. The second-order valence-electron chi connectivity index (χ2n) is 7.25. The fourth-order valence-electron chi connectivity index (χ4n) is 3.85. The summed E-state index contributed by atoms with van der Waals surface area (Å²) in [4.78, 5) is 12.5. The Labute approximate surface area is 160 Å². The highest BCUT2D eigenvalue weighted by Crippen LogP contribution is 2.29. The van der Waals surface area contributed by atoms with Crippen LogP contribution < -0.4 is 9.88 Å². The van der Waals surface area contributed by atoms with E-state index in [1.165, 1.54) is 22.3 Å². The van der Waals surface area contributed by atoms with Gasteiger partial charge in [-0.2, -0.15) is 4.57 Å². The van der Waals surface area contributed by atoms with Gasteiger partial charge in [0.2, 0.25) is 6.54 Å². The third-order valence-corrected chi connectivity index (χ3v) is 5.24. The molecule has 0 aliphatic heterocycles. The van der Waals surface area contributed by atoms with E-state index in [-0.39, 0.29) is 11.9 Å². The summed E-state index contributed by atoms with van der Waals surface area (Å²) < 4.78 is 1.94. The minimum atomic E-state index is 0.0671. The summed E-state index contributed by atoms with van der Waals surface area (Å²) in [7, 11) is 0. The molecular formula is C24H25N2O+. The number of aryl methyl sites for hydroxylation is 1. The van der Waals surface area contributed by atoms with Crippen molar-refractivity contribution in [2.75, 3.05) is 0 Å². The zero-order valence-electron chi connectivity index (χ0n) is 15.5. The highest BCUT2D eigenvalue weighted by molar-refractivity contribution is 5.75. The van der Waals surface area contributed by atoms with Crippen LogP contribution in [0, 0.1) is 0 Å². The number of carbonyl (C=O) groups excluding carboxylic acids is 1. The van der Waals surface area contributed by atoms with Gasteiger partial charge in [-0.05, 0) is 47.9 Å². The van der Waals surface area contributed by atoms with Crippen molar-refractivity contribution in [2.24, 2.45) is 0 Å². The molecule has 2 aromatic carbocycles. The molecule has 1 aliphatic carbocycles. The summed E-state index contributed by atoms with van der Waals surface area (Å²) in [5, 5.41) is 3.22. The van der Waals surface area contributed by atoms with Crippen molar-refractivity contribution < 1.29 is 9.36 Å². The van der Waals surface area contributed by atoms with E-state index in [1.54, 1.807) is 0 Å². The predicted octanol–water partition coefficient (Wildman–Crippen LogP) is 3.76. The SMILES string of the molecule is O=C(C[n+]1ccc(Cc2ccccc2)cc1)N[C@H]1CCCc2ccccc21. The first-order valence-corrected chi connectivity index (χ1v) is 9.67. The lowest BCUT2D eigenvalue weighted by molar-refractivity contribution is -0.684. The number of fused-ring (bicyclic) bond motifs is 1. The van der Waals surface area contributed by atoms with E-state index >= 15 is 0 Å². The predicted molar refractivity (Wildman–Crippen MR) is 106 cm³/mol. The first kappa shape index (κ1) is 17.5. The molecule has 3 nitrogen and oxygen atoms in total. The normalized spacial score (nSPS) is 15.8. The molecule has 3 aromatic rings. The Morgan fingerprint density at radius 1 is 0.926 bits per heavy atom. The number of aromatic nitrogens is 1. The average molecular weight is 357 g/mol. The molecule has 1 amide bonds. The molecule has 1 N–H and O–H groups in total. The van der Waals surface area contributed by atoms with Crippen LogP contribution in [0.3, 0.4) is 0 Å². The van der Waals surface area contributed by atoms with Crippen LogP contribution in [0.15, 0.2) is 79.1 Å². The summed E-state index contributed by atoms with van der Waals surface area (Å²) >= 11 is 0. The molecule has 1 atom stereocenters. The van der Waals surface area contributed by atoms with Gasteiger partial charge in [0, 0.05) is 12.1 Å². The molecule has 27 heavy (non-hydrogen) atoms. The minimum Gasteiger partial charge on any atom is -0.344 e. The number of hydrogen-bond acceptors (Lipinski definition) is 1. The molecule has 0 fully saturated rings. The van der Waals surface area contributed by atoms with Crippen molar-refractivity contribution in [1.82, 2.24) is 5.32 Å². The summed E-state index contributed by atoms with van der Waals surface area (Å²) in [5.74, 6) is 0.0671. The van der Waals surface area contributed by atoms with Gasteiger partial charge in [-0.15, -0.1) is 0 Å². The van der Waals surface area contributed by atoms with Crippen molar-refractivity contribution in [3.63, 3.8) is 0 Å². The number of rotatable bonds is 5. The Hall–Kier alpha value is -2.94. The number of carbonyl (C=O) groups is 1. The maximum atomic E-state index is 12.5. The van der Waals surface area contributed by atoms with Crippen molar-refractivity contribution in [3.8, 4) is 0 Å². The molecule has 0 unspecified atom stereocenters. The Morgan fingerprint density at radius 3 is 2.44 bits per heavy atom. The highest BCUT2D eigenvalue weighted by atomic mass is 16.2. The van der Waals surface area contributed by atoms with Crippen LogP contribution >= 0.6 is 0 Å². The van der Waals surface area contributed by atoms with Crippen LogP contribution in [-0.2, 0) is 24.2 Å². The van der Waals surface area contributed by atoms with Gasteiger partial charge in [-0.3, -0.25) is 4.79 Å². The van der Waals surface area contributed by atoms with Crippen molar-refractivity contribution >= 4 is 5.91 Å². The van der Waals surface area contributed by atoms with E-state index in [2.05, 4.69) is 66.0 Å². The molecular weight excluding hydrogens is 332 g/mol. The van der Waals surface area contributed by atoms with Gasteiger partial charge >= 0.3 is 0 Å². The van der Waals surface area contributed by atoms with Gasteiger partial charge in [0.25, 0.3) is 5.91 Å². The molecule has 136 valence electrons. The first-order valence-electron chi connectivity index (χ1n) is 9.67. The quantitative estimate of drug-likeness (QED) is 0.693. The highest BCUT2D eigenvalue weighted by Gasteiger charge is 2.22. The van der Waals surface area contributed by atoms with Gasteiger partial charge in [-0.25, -0.2) is 0 Å². The summed E-state index contributed by atoms with van der Waals surface area (Å²) in [6.45, 7) is 0.351. The van der Waals surface area contributed by atoms with E-state index in [9.17, 15) is 4.79 Å². The standard InChI is InChI=1S/C24H24N2O/c27-24(25-23-12-6-10-21-9-4-5-11-22(21)23)18-26-15-13-20(14-16-26)17-19-7-2-1-3-8-19/h1-5,7-9,11,13-16,23H,6,10,12,17-18H2/p+1/t23-/m0/s1. The molecule has 3 heteroatoms. The lowest BCUT2D eigenvalue weighted by atomic mass is 9.88. The fraction of sp³-hybridized carbons (Fsp3) is 0.250. The van der Waals surface area contributed by atoms with E-state index in [0.717, 1.165) is 25.7 Å². The van der Waals surface area contributed by atoms with Crippen LogP contribution in [0.5, 0.6) is 0 Å². The number of amides is 1. The van der Waals surface area contributed by atoms with Crippen LogP contribution in [0.25, 0.3) is 0 Å². The lowest BCUT2D eigenvalue weighted by Crippen LogP contribution is -2.43. The van der Waals surface area contributed by atoms with E-state index < -0.39 is 0 Å². The molecule has 0 saturated carbocycles. The first-order chi connectivity index (χ1) is 13.3. The van der Waals surface area contributed by atoms with Crippen molar-refractivity contribution in [2.45, 2.75) is 38.3 Å². The lowest BCUT2D eigenvalue weighted by Gasteiger charge is -2.25. The second-order valence-corrected chi connectivity index (χ2v) is 7.25. The zero-order valence-corrected chi connectivity index (χ0v) is 15.5. The minimum absolute atomic E-state index is 0.0671. The van der Waals surface area contributed by atoms with Gasteiger partial charge in [0.15, 0.2) is 12.4 Å². The maximum absolute atomic E-state index is 12.5. The maximum Gasteiger partial charge on any atom is 0.286 e. The number of hydrogen-bond donors (Lipinski definition) is 1. The number of benzene rings is 2. The van der Waals surface area contributed by atoms with Crippen LogP contribution in [0.2, 0.25) is 0 Å². The van der Waals surface area contributed by atoms with E-state index in [0.29, 0.717) is 6.54 Å². The molecule has 0 saturated heterocycles. The topological polar surface area (TPSA) is 33.0 Å². The molecule has 1 aliphatic rings. The van der Waals surface area contributed by atoms with Gasteiger partial charge in [0.05, 0.1) is 6.04 Å². The van der Waals surface area contributed by atoms with E-state index in [1.807, 2.05) is 23.0 Å². The smallest absolute Gasteiger partial charge is 0.286 e. The van der Waals surface area contributed by atoms with E-state index in [4.69, 9.17) is 0 Å². The Bertz CT molecular complexity index is 903. The molecule has 1 heterocycles. The van der Waals surface area contributed by atoms with Crippen molar-refractivity contribution in [3.05, 3.63) is 101 Å². The third-order valence-electron chi connectivity index (χ3n) is 5.24. The Kier molecular flexibility index (Phi) is 5.29. The number of nitrogens with zero attached hydrogens (tertiary/aromatic N) is 1. The molecule has 0 bridgehead atoms. The van der Waals surface area contributed by atoms with Gasteiger partial charge in [0.1, 0.15) is 0 Å². The van der Waals surface area contributed by atoms with Gasteiger partial charge in [-0.1, -0.05) is 54.6 Å². The fourth-order valence-corrected chi connectivity index (χ4v) is 3.85. The molecule has 0 spiro atoms. The monoisotopic (exact) mass is 357 g/mol. The third kappa shape index (κ3) is 4.43. The van der Waals surface area contributed by atoms with Crippen LogP contribution in [-0.4, -0.2) is 5.91 Å². The van der Waals surface area contributed by atoms with Crippen LogP contribution in [0.1, 0.15) is 41.1 Å². The summed E-state index contributed by atoms with van der Waals surface area (Å²) in [5.41, 5.74) is 5.19. The summed E-state index contributed by atoms with van der Waals surface area (Å²) in [6.07, 6.45) is 8.15. The molecule has 4 rings (SSSR count). The molecule has 0 radical (unpaired) electrons. The number of nitrogens with one attached hydrogen (secondary N) is 1. The number of pyridine rings is 1. The van der Waals surface area contributed by atoms with Gasteiger partial charge < -0.3 is 5.32 Å². The summed E-state index contributed by atoms with van der Waals surface area (Å²) in [6, 6.07) is 23.2. The Balaban J connectivity index is 1.36. The second kappa shape index (κ2) is 8.17. The van der Waals surface area contributed by atoms with Crippen LogP contribution in [0.4, 0.5) is 0 Å². The largest absolute Gasteiger partial charge is 0.344 e.